The standard InChI is InChI=1S/C14H19NOS/c1-15(10-11-4-2-3-5-11)14(16)12-6-8-13(17)9-7-12/h6-9,11,17H,2-5,10H2,1H3. The summed E-state index contributed by atoms with van der Waals surface area (Å²) in [7, 11) is 1.90. The Balaban J connectivity index is 1.96. The van der Waals surface area contributed by atoms with E-state index in [4.69, 9.17) is 0 Å². The molecule has 1 aliphatic carbocycles. The van der Waals surface area contributed by atoms with Crippen molar-refractivity contribution in [2.24, 2.45) is 5.92 Å². The number of carbonyl (C=O) groups excluding carboxylic acids is 1. The molecule has 1 saturated carbocycles. The summed E-state index contributed by atoms with van der Waals surface area (Å²) in [6.45, 7) is 0.890. The molecule has 1 fully saturated rings. The van der Waals surface area contributed by atoms with Gasteiger partial charge in [0.05, 0.1) is 0 Å². The minimum atomic E-state index is 0.116. The largest absolute Gasteiger partial charge is 0.341 e. The first kappa shape index (κ1) is 12.5. The fourth-order valence-electron chi connectivity index (χ4n) is 2.49. The van der Waals surface area contributed by atoms with Crippen molar-refractivity contribution in [1.82, 2.24) is 4.90 Å². The lowest BCUT2D eigenvalue weighted by molar-refractivity contribution is 0.0773. The van der Waals surface area contributed by atoms with E-state index in [1.54, 1.807) is 0 Å². The summed E-state index contributed by atoms with van der Waals surface area (Å²) in [4.78, 5) is 14.9. The summed E-state index contributed by atoms with van der Waals surface area (Å²) in [5.41, 5.74) is 0.753. The normalized spacial score (nSPS) is 16.1. The molecule has 0 aliphatic heterocycles. The van der Waals surface area contributed by atoms with Gasteiger partial charge in [-0.1, -0.05) is 12.8 Å². The molecule has 1 aromatic carbocycles. The van der Waals surface area contributed by atoms with Crippen molar-refractivity contribution in [2.45, 2.75) is 30.6 Å². The maximum atomic E-state index is 12.1. The van der Waals surface area contributed by atoms with E-state index in [1.807, 2.05) is 36.2 Å². The predicted octanol–water partition coefficient (Wildman–Crippen LogP) is 3.24. The van der Waals surface area contributed by atoms with Crippen LogP contribution in [0.25, 0.3) is 0 Å². The number of hydrogen-bond acceptors (Lipinski definition) is 2. The average Bonchev–Trinajstić information content (AvgIpc) is 2.82. The first-order valence-corrected chi connectivity index (χ1v) is 6.66. The molecule has 1 aromatic rings. The van der Waals surface area contributed by atoms with E-state index < -0.39 is 0 Å². The molecule has 0 N–H and O–H groups in total. The molecule has 0 radical (unpaired) electrons. The van der Waals surface area contributed by atoms with Crippen molar-refractivity contribution in [2.75, 3.05) is 13.6 Å². The Hall–Kier alpha value is -0.960. The Morgan fingerprint density at radius 3 is 2.47 bits per heavy atom. The maximum Gasteiger partial charge on any atom is 0.253 e. The highest BCUT2D eigenvalue weighted by atomic mass is 32.1. The van der Waals surface area contributed by atoms with E-state index in [2.05, 4.69) is 12.6 Å². The molecule has 3 heteroatoms. The Kier molecular flexibility index (Phi) is 4.11. The molecule has 1 amide bonds. The van der Waals surface area contributed by atoms with Crippen LogP contribution >= 0.6 is 12.6 Å². The summed E-state index contributed by atoms with van der Waals surface area (Å²) in [5.74, 6) is 0.818. The fraction of sp³-hybridized carbons (Fsp3) is 0.500. The number of hydrogen-bond donors (Lipinski definition) is 1. The second-order valence-corrected chi connectivity index (χ2v) is 5.40. The molecular weight excluding hydrogens is 230 g/mol. The summed E-state index contributed by atoms with van der Waals surface area (Å²) in [5, 5.41) is 0. The Morgan fingerprint density at radius 2 is 1.88 bits per heavy atom. The number of carbonyl (C=O) groups is 1. The molecule has 0 aromatic heterocycles. The third kappa shape index (κ3) is 3.25. The molecule has 0 spiro atoms. The zero-order valence-electron chi connectivity index (χ0n) is 10.2. The predicted molar refractivity (Wildman–Crippen MR) is 72.6 cm³/mol. The van der Waals surface area contributed by atoms with Crippen molar-refractivity contribution in [3.8, 4) is 0 Å². The van der Waals surface area contributed by atoms with Crippen LogP contribution in [0.4, 0.5) is 0 Å². The Morgan fingerprint density at radius 1 is 1.29 bits per heavy atom. The van der Waals surface area contributed by atoms with Gasteiger partial charge in [0.15, 0.2) is 0 Å². The zero-order valence-corrected chi connectivity index (χ0v) is 11.1. The monoisotopic (exact) mass is 249 g/mol. The van der Waals surface area contributed by atoms with Crippen LogP contribution in [0.15, 0.2) is 29.2 Å². The molecule has 17 heavy (non-hydrogen) atoms. The number of amides is 1. The molecule has 0 bridgehead atoms. The van der Waals surface area contributed by atoms with Gasteiger partial charge in [-0.3, -0.25) is 4.79 Å². The molecule has 0 saturated heterocycles. The molecule has 92 valence electrons. The van der Waals surface area contributed by atoms with Crippen LogP contribution in [0.2, 0.25) is 0 Å². The van der Waals surface area contributed by atoms with Gasteiger partial charge < -0.3 is 4.90 Å². The molecular formula is C14H19NOS. The molecule has 1 aliphatic rings. The average molecular weight is 249 g/mol. The number of thiol groups is 1. The third-order valence-electron chi connectivity index (χ3n) is 3.47. The van der Waals surface area contributed by atoms with Crippen molar-refractivity contribution >= 4 is 18.5 Å². The van der Waals surface area contributed by atoms with Gasteiger partial charge in [0.2, 0.25) is 0 Å². The van der Waals surface area contributed by atoms with Gasteiger partial charge in [-0.2, -0.15) is 0 Å². The van der Waals surface area contributed by atoms with Crippen molar-refractivity contribution in [1.29, 1.82) is 0 Å². The van der Waals surface area contributed by atoms with Crippen LogP contribution in [0.5, 0.6) is 0 Å². The van der Waals surface area contributed by atoms with Gasteiger partial charge in [-0.15, -0.1) is 12.6 Å². The van der Waals surface area contributed by atoms with Crippen LogP contribution in [0, 0.1) is 5.92 Å². The lowest BCUT2D eigenvalue weighted by Gasteiger charge is -2.21. The molecule has 2 nitrogen and oxygen atoms in total. The molecule has 0 unspecified atom stereocenters. The lowest BCUT2D eigenvalue weighted by Crippen LogP contribution is -2.31. The van der Waals surface area contributed by atoms with Crippen LogP contribution < -0.4 is 0 Å². The number of nitrogens with zero attached hydrogens (tertiary/aromatic N) is 1. The second kappa shape index (κ2) is 5.58. The number of benzene rings is 1. The Bertz CT molecular complexity index is 382. The van der Waals surface area contributed by atoms with E-state index >= 15 is 0 Å². The molecule has 2 rings (SSSR count). The van der Waals surface area contributed by atoms with Gasteiger partial charge >= 0.3 is 0 Å². The van der Waals surface area contributed by atoms with Crippen molar-refractivity contribution < 1.29 is 4.79 Å². The highest BCUT2D eigenvalue weighted by Gasteiger charge is 2.19. The summed E-state index contributed by atoms with van der Waals surface area (Å²) in [6.07, 6.45) is 5.18. The second-order valence-electron chi connectivity index (χ2n) is 4.88. The molecule has 0 atom stereocenters. The number of rotatable bonds is 3. The van der Waals surface area contributed by atoms with E-state index in [1.165, 1.54) is 25.7 Å². The highest BCUT2D eigenvalue weighted by Crippen LogP contribution is 2.25. The van der Waals surface area contributed by atoms with Crippen LogP contribution in [-0.2, 0) is 0 Å². The van der Waals surface area contributed by atoms with Crippen molar-refractivity contribution in [3.63, 3.8) is 0 Å². The van der Waals surface area contributed by atoms with E-state index in [-0.39, 0.29) is 5.91 Å². The van der Waals surface area contributed by atoms with Gasteiger partial charge in [-0.05, 0) is 43.0 Å². The van der Waals surface area contributed by atoms with Crippen LogP contribution in [-0.4, -0.2) is 24.4 Å². The topological polar surface area (TPSA) is 20.3 Å². The summed E-state index contributed by atoms with van der Waals surface area (Å²) < 4.78 is 0. The quantitative estimate of drug-likeness (QED) is 0.815. The Labute approximate surface area is 108 Å². The summed E-state index contributed by atoms with van der Waals surface area (Å²) >= 11 is 4.22. The van der Waals surface area contributed by atoms with Crippen LogP contribution in [0.1, 0.15) is 36.0 Å². The molecule has 0 heterocycles. The van der Waals surface area contributed by atoms with Gasteiger partial charge in [0.25, 0.3) is 5.91 Å². The first-order chi connectivity index (χ1) is 8.16. The third-order valence-corrected chi connectivity index (χ3v) is 3.77. The van der Waals surface area contributed by atoms with E-state index in [0.717, 1.165) is 17.0 Å². The van der Waals surface area contributed by atoms with Crippen LogP contribution in [0.3, 0.4) is 0 Å². The first-order valence-electron chi connectivity index (χ1n) is 6.21. The zero-order chi connectivity index (χ0) is 12.3. The van der Waals surface area contributed by atoms with E-state index in [9.17, 15) is 4.79 Å². The highest BCUT2D eigenvalue weighted by molar-refractivity contribution is 7.80. The van der Waals surface area contributed by atoms with Crippen molar-refractivity contribution in [3.05, 3.63) is 29.8 Å². The summed E-state index contributed by atoms with van der Waals surface area (Å²) in [6, 6.07) is 7.41. The minimum absolute atomic E-state index is 0.116. The lowest BCUT2D eigenvalue weighted by atomic mass is 10.1. The smallest absolute Gasteiger partial charge is 0.253 e. The van der Waals surface area contributed by atoms with Gasteiger partial charge in [-0.25, -0.2) is 0 Å². The van der Waals surface area contributed by atoms with Gasteiger partial charge in [0.1, 0.15) is 0 Å². The fourth-order valence-corrected chi connectivity index (χ4v) is 2.64. The SMILES string of the molecule is CN(CC1CCCC1)C(=O)c1ccc(S)cc1. The van der Waals surface area contributed by atoms with E-state index in [0.29, 0.717) is 5.92 Å². The minimum Gasteiger partial charge on any atom is -0.341 e. The van der Waals surface area contributed by atoms with Gasteiger partial charge in [0, 0.05) is 24.1 Å². The maximum absolute atomic E-state index is 12.1.